The molecule has 0 fully saturated rings. The largest absolute Gasteiger partial charge is 0.475 e. The van der Waals surface area contributed by atoms with Gasteiger partial charge in [-0.05, 0) is 24.6 Å². The Morgan fingerprint density at radius 2 is 1.93 bits per heavy atom. The predicted molar refractivity (Wildman–Crippen MR) is 53.2 cm³/mol. The maximum absolute atomic E-state index is 13.3. The summed E-state index contributed by atoms with van der Waals surface area (Å²) in [5.74, 6) is 3.19. The first kappa shape index (κ1) is 11.5. The van der Waals surface area contributed by atoms with E-state index >= 15 is 0 Å². The molecule has 0 bridgehead atoms. The monoisotopic (exact) mass is 211 g/mol. The zero-order valence-corrected chi connectivity index (χ0v) is 8.31. The van der Waals surface area contributed by atoms with Crippen LogP contribution in [0.3, 0.4) is 0 Å². The molecule has 0 heterocycles. The van der Waals surface area contributed by atoms with Crippen LogP contribution in [0.25, 0.3) is 0 Å². The molecule has 4 heteroatoms. The molecule has 0 spiro atoms. The lowest BCUT2D eigenvalue weighted by Gasteiger charge is -2.06. The van der Waals surface area contributed by atoms with Crippen molar-refractivity contribution in [2.45, 2.75) is 13.5 Å². The van der Waals surface area contributed by atoms with Crippen molar-refractivity contribution in [1.29, 1.82) is 0 Å². The van der Waals surface area contributed by atoms with Crippen LogP contribution in [0.2, 0.25) is 0 Å². The molecule has 0 aliphatic heterocycles. The van der Waals surface area contributed by atoms with Crippen molar-refractivity contribution in [3.8, 4) is 17.6 Å². The standard InChI is InChI=1S/C11H11F2NO/c1-2-3-4-15-11-9(12)5-8(7-14)6-10(11)13/h5-6H,4,7,14H2,1H3. The van der Waals surface area contributed by atoms with Gasteiger partial charge in [0.1, 0.15) is 6.61 Å². The van der Waals surface area contributed by atoms with Crippen LogP contribution in [-0.4, -0.2) is 6.61 Å². The van der Waals surface area contributed by atoms with Crippen LogP contribution < -0.4 is 10.5 Å². The highest BCUT2D eigenvalue weighted by atomic mass is 19.1. The molecule has 0 saturated carbocycles. The van der Waals surface area contributed by atoms with Gasteiger partial charge in [0.2, 0.25) is 0 Å². The molecule has 1 aromatic rings. The van der Waals surface area contributed by atoms with Crippen molar-refractivity contribution in [3.05, 3.63) is 29.3 Å². The number of halogens is 2. The van der Waals surface area contributed by atoms with Crippen LogP contribution in [0.1, 0.15) is 12.5 Å². The van der Waals surface area contributed by atoms with E-state index in [0.717, 1.165) is 12.1 Å². The third kappa shape index (κ3) is 2.93. The zero-order valence-electron chi connectivity index (χ0n) is 8.31. The second kappa shape index (κ2) is 5.32. The van der Waals surface area contributed by atoms with Gasteiger partial charge in [0.25, 0.3) is 0 Å². The lowest BCUT2D eigenvalue weighted by molar-refractivity contribution is 0.326. The SMILES string of the molecule is CC#CCOc1c(F)cc(CN)cc1F. The Hall–Kier alpha value is -1.60. The molecule has 0 aliphatic rings. The van der Waals surface area contributed by atoms with E-state index in [1.165, 1.54) is 0 Å². The van der Waals surface area contributed by atoms with E-state index in [1.54, 1.807) is 6.92 Å². The van der Waals surface area contributed by atoms with E-state index in [0.29, 0.717) is 5.56 Å². The first-order chi connectivity index (χ1) is 7.19. The molecule has 0 unspecified atom stereocenters. The molecule has 0 atom stereocenters. The average Bonchev–Trinajstić information content (AvgIpc) is 2.22. The average molecular weight is 211 g/mol. The molecule has 0 saturated heterocycles. The van der Waals surface area contributed by atoms with E-state index in [9.17, 15) is 8.78 Å². The predicted octanol–water partition coefficient (Wildman–Crippen LogP) is 1.83. The molecule has 2 nitrogen and oxygen atoms in total. The van der Waals surface area contributed by atoms with Crippen molar-refractivity contribution in [3.63, 3.8) is 0 Å². The van der Waals surface area contributed by atoms with E-state index in [-0.39, 0.29) is 13.2 Å². The van der Waals surface area contributed by atoms with Crippen LogP contribution in [-0.2, 0) is 6.54 Å². The number of benzene rings is 1. The van der Waals surface area contributed by atoms with Gasteiger partial charge in [-0.25, -0.2) is 8.78 Å². The van der Waals surface area contributed by atoms with Crippen molar-refractivity contribution >= 4 is 0 Å². The minimum atomic E-state index is -0.756. The van der Waals surface area contributed by atoms with Crippen LogP contribution in [0.4, 0.5) is 8.78 Å². The molecule has 2 N–H and O–H groups in total. The van der Waals surface area contributed by atoms with Crippen molar-refractivity contribution < 1.29 is 13.5 Å². The molecule has 0 amide bonds. The Morgan fingerprint density at radius 1 is 1.33 bits per heavy atom. The molecular formula is C11H11F2NO. The summed E-state index contributed by atoms with van der Waals surface area (Å²) in [5, 5.41) is 0. The van der Waals surface area contributed by atoms with Crippen molar-refractivity contribution in [2.24, 2.45) is 5.73 Å². The fourth-order valence-electron chi connectivity index (χ4n) is 1.05. The van der Waals surface area contributed by atoms with Gasteiger partial charge in [-0.3, -0.25) is 0 Å². The van der Waals surface area contributed by atoms with Crippen LogP contribution >= 0.6 is 0 Å². The molecule has 80 valence electrons. The molecule has 0 aromatic heterocycles. The Balaban J connectivity index is 2.91. The minimum absolute atomic E-state index is 0.0354. The van der Waals surface area contributed by atoms with Gasteiger partial charge in [-0.2, -0.15) is 0 Å². The number of nitrogens with two attached hydrogens (primary N) is 1. The van der Waals surface area contributed by atoms with Crippen LogP contribution in [0.15, 0.2) is 12.1 Å². The van der Waals surface area contributed by atoms with Gasteiger partial charge in [0.15, 0.2) is 17.4 Å². The van der Waals surface area contributed by atoms with Crippen LogP contribution in [0.5, 0.6) is 5.75 Å². The van der Waals surface area contributed by atoms with Gasteiger partial charge in [-0.1, -0.05) is 5.92 Å². The Labute approximate surface area is 87.0 Å². The summed E-state index contributed by atoms with van der Waals surface area (Å²) in [6.45, 7) is 1.67. The number of hydrogen-bond acceptors (Lipinski definition) is 2. The molecule has 0 radical (unpaired) electrons. The summed E-state index contributed by atoms with van der Waals surface area (Å²) in [6.07, 6.45) is 0. The van der Waals surface area contributed by atoms with Crippen LogP contribution in [0, 0.1) is 23.5 Å². The number of ether oxygens (including phenoxy) is 1. The highest BCUT2D eigenvalue weighted by Gasteiger charge is 2.11. The Bertz CT molecular complexity index is 384. The topological polar surface area (TPSA) is 35.2 Å². The van der Waals surface area contributed by atoms with Gasteiger partial charge >= 0.3 is 0 Å². The third-order valence-electron chi connectivity index (χ3n) is 1.76. The summed E-state index contributed by atoms with van der Waals surface area (Å²) < 4.78 is 31.4. The maximum Gasteiger partial charge on any atom is 0.192 e. The van der Waals surface area contributed by atoms with Gasteiger partial charge in [0.05, 0.1) is 0 Å². The molecule has 15 heavy (non-hydrogen) atoms. The lowest BCUT2D eigenvalue weighted by Crippen LogP contribution is -2.03. The molecular weight excluding hydrogens is 200 g/mol. The summed E-state index contributed by atoms with van der Waals surface area (Å²) in [7, 11) is 0. The van der Waals surface area contributed by atoms with E-state index in [1.807, 2.05) is 0 Å². The minimum Gasteiger partial charge on any atom is -0.475 e. The Morgan fingerprint density at radius 3 is 2.40 bits per heavy atom. The number of hydrogen-bond donors (Lipinski definition) is 1. The second-order valence-electron chi connectivity index (χ2n) is 2.81. The Kier molecular flexibility index (Phi) is 4.07. The van der Waals surface area contributed by atoms with E-state index in [2.05, 4.69) is 11.8 Å². The fraction of sp³-hybridized carbons (Fsp3) is 0.273. The molecule has 1 aromatic carbocycles. The molecule has 1 rings (SSSR count). The van der Waals surface area contributed by atoms with E-state index < -0.39 is 17.4 Å². The first-order valence-corrected chi connectivity index (χ1v) is 4.39. The maximum atomic E-state index is 13.3. The second-order valence-corrected chi connectivity index (χ2v) is 2.81. The fourth-order valence-corrected chi connectivity index (χ4v) is 1.05. The van der Waals surface area contributed by atoms with Gasteiger partial charge < -0.3 is 10.5 Å². The van der Waals surface area contributed by atoms with Crippen molar-refractivity contribution in [2.75, 3.05) is 6.61 Å². The highest BCUT2D eigenvalue weighted by molar-refractivity contribution is 5.31. The van der Waals surface area contributed by atoms with Crippen molar-refractivity contribution in [1.82, 2.24) is 0 Å². The summed E-state index contributed by atoms with van der Waals surface area (Å²) >= 11 is 0. The quantitative estimate of drug-likeness (QED) is 0.774. The summed E-state index contributed by atoms with van der Waals surface area (Å²) in [5.41, 5.74) is 5.65. The number of rotatable bonds is 3. The summed E-state index contributed by atoms with van der Waals surface area (Å²) in [4.78, 5) is 0. The zero-order chi connectivity index (χ0) is 11.3. The molecule has 0 aliphatic carbocycles. The smallest absolute Gasteiger partial charge is 0.192 e. The highest BCUT2D eigenvalue weighted by Crippen LogP contribution is 2.22. The normalized spacial score (nSPS) is 9.33. The van der Waals surface area contributed by atoms with E-state index in [4.69, 9.17) is 10.5 Å². The van der Waals surface area contributed by atoms with Gasteiger partial charge in [-0.15, -0.1) is 5.92 Å². The first-order valence-electron chi connectivity index (χ1n) is 4.39. The summed E-state index contributed by atoms with van der Waals surface area (Å²) in [6, 6.07) is 2.30. The third-order valence-corrected chi connectivity index (χ3v) is 1.76. The van der Waals surface area contributed by atoms with Gasteiger partial charge in [0, 0.05) is 6.54 Å². The lowest BCUT2D eigenvalue weighted by atomic mass is 10.2.